The van der Waals surface area contributed by atoms with Gasteiger partial charge in [-0.25, -0.2) is 0 Å². The van der Waals surface area contributed by atoms with Crippen LogP contribution in [-0.2, 0) is 10.3 Å². The van der Waals surface area contributed by atoms with Gasteiger partial charge in [-0.1, -0.05) is 30.3 Å². The number of nitrogens with zero attached hydrogens (tertiary/aromatic N) is 1. The molecule has 0 spiro atoms. The summed E-state index contributed by atoms with van der Waals surface area (Å²) in [5.74, 6) is 0. The Morgan fingerprint density at radius 1 is 1.42 bits per heavy atom. The number of benzene rings is 1. The number of rotatable bonds is 5. The molecular formula is C15H24N2O2. The number of morpholine rings is 1. The van der Waals surface area contributed by atoms with E-state index in [1.165, 1.54) is 0 Å². The average molecular weight is 264 g/mol. The lowest BCUT2D eigenvalue weighted by Gasteiger charge is -2.36. The van der Waals surface area contributed by atoms with Crippen LogP contribution in [0.2, 0.25) is 0 Å². The van der Waals surface area contributed by atoms with E-state index in [4.69, 9.17) is 10.5 Å². The van der Waals surface area contributed by atoms with Crippen molar-refractivity contribution in [2.75, 3.05) is 32.8 Å². The molecule has 1 aromatic rings. The van der Waals surface area contributed by atoms with Gasteiger partial charge in [0.15, 0.2) is 0 Å². The van der Waals surface area contributed by atoms with Crippen molar-refractivity contribution in [2.24, 2.45) is 5.73 Å². The molecule has 4 heteroatoms. The third-order valence-corrected chi connectivity index (χ3v) is 3.97. The van der Waals surface area contributed by atoms with Crippen molar-refractivity contribution < 1.29 is 9.84 Å². The van der Waals surface area contributed by atoms with Gasteiger partial charge in [0, 0.05) is 25.7 Å². The summed E-state index contributed by atoms with van der Waals surface area (Å²) in [7, 11) is 0. The molecule has 2 atom stereocenters. The maximum absolute atomic E-state index is 10.7. The van der Waals surface area contributed by atoms with Gasteiger partial charge in [-0.2, -0.15) is 0 Å². The standard InChI is InChI=1S/C15H24N2O2/c1-13-11-19-10-9-17(13)8-7-15(18,12-16)14-5-3-2-4-6-14/h2-6,13,18H,7-12,16H2,1H3. The van der Waals surface area contributed by atoms with E-state index in [9.17, 15) is 5.11 Å². The zero-order valence-corrected chi connectivity index (χ0v) is 11.6. The van der Waals surface area contributed by atoms with E-state index >= 15 is 0 Å². The van der Waals surface area contributed by atoms with Crippen LogP contribution in [0.4, 0.5) is 0 Å². The molecule has 0 aliphatic carbocycles. The summed E-state index contributed by atoms with van der Waals surface area (Å²) in [5, 5.41) is 10.7. The van der Waals surface area contributed by atoms with E-state index in [1.807, 2.05) is 30.3 Å². The highest BCUT2D eigenvalue weighted by atomic mass is 16.5. The van der Waals surface area contributed by atoms with Gasteiger partial charge in [0.2, 0.25) is 0 Å². The van der Waals surface area contributed by atoms with Crippen molar-refractivity contribution in [3.05, 3.63) is 35.9 Å². The SMILES string of the molecule is CC1COCCN1CCC(O)(CN)c1ccccc1. The molecule has 1 aliphatic rings. The van der Waals surface area contributed by atoms with E-state index in [1.54, 1.807) is 0 Å². The topological polar surface area (TPSA) is 58.7 Å². The van der Waals surface area contributed by atoms with E-state index in [-0.39, 0.29) is 6.54 Å². The molecule has 1 saturated heterocycles. The molecule has 19 heavy (non-hydrogen) atoms. The van der Waals surface area contributed by atoms with Crippen LogP contribution in [0.1, 0.15) is 18.9 Å². The van der Waals surface area contributed by atoms with Crippen LogP contribution in [0.3, 0.4) is 0 Å². The van der Waals surface area contributed by atoms with Gasteiger partial charge >= 0.3 is 0 Å². The summed E-state index contributed by atoms with van der Waals surface area (Å²) in [6.07, 6.45) is 0.651. The third-order valence-electron chi connectivity index (χ3n) is 3.97. The first kappa shape index (κ1) is 14.5. The summed E-state index contributed by atoms with van der Waals surface area (Å²) < 4.78 is 5.43. The Labute approximate surface area is 115 Å². The molecule has 2 rings (SSSR count). The van der Waals surface area contributed by atoms with Crippen molar-refractivity contribution in [1.82, 2.24) is 4.90 Å². The van der Waals surface area contributed by atoms with Crippen molar-refractivity contribution in [1.29, 1.82) is 0 Å². The van der Waals surface area contributed by atoms with Crippen LogP contribution in [0.25, 0.3) is 0 Å². The minimum absolute atomic E-state index is 0.246. The number of aliphatic hydroxyl groups is 1. The van der Waals surface area contributed by atoms with E-state index < -0.39 is 5.60 Å². The largest absolute Gasteiger partial charge is 0.384 e. The molecule has 0 saturated carbocycles. The molecule has 4 nitrogen and oxygen atoms in total. The highest BCUT2D eigenvalue weighted by Gasteiger charge is 2.29. The van der Waals surface area contributed by atoms with Crippen LogP contribution in [0, 0.1) is 0 Å². The molecule has 1 aliphatic heterocycles. The van der Waals surface area contributed by atoms with Crippen molar-refractivity contribution >= 4 is 0 Å². The lowest BCUT2D eigenvalue weighted by molar-refractivity contribution is -0.0234. The van der Waals surface area contributed by atoms with Crippen LogP contribution in [0.5, 0.6) is 0 Å². The van der Waals surface area contributed by atoms with Crippen LogP contribution >= 0.6 is 0 Å². The van der Waals surface area contributed by atoms with Gasteiger partial charge in [-0.15, -0.1) is 0 Å². The van der Waals surface area contributed by atoms with Crippen LogP contribution < -0.4 is 5.73 Å². The minimum atomic E-state index is -0.931. The maximum Gasteiger partial charge on any atom is 0.103 e. The minimum Gasteiger partial charge on any atom is -0.384 e. The zero-order valence-electron chi connectivity index (χ0n) is 11.6. The summed E-state index contributed by atoms with van der Waals surface area (Å²) in [6, 6.07) is 10.1. The lowest BCUT2D eigenvalue weighted by atomic mass is 9.90. The summed E-state index contributed by atoms with van der Waals surface area (Å²) in [4.78, 5) is 2.35. The Hall–Kier alpha value is -0.940. The van der Waals surface area contributed by atoms with Crippen molar-refractivity contribution in [3.8, 4) is 0 Å². The Morgan fingerprint density at radius 3 is 2.79 bits per heavy atom. The number of nitrogens with two attached hydrogens (primary N) is 1. The second-order valence-electron chi connectivity index (χ2n) is 5.31. The predicted octanol–water partition coefficient (Wildman–Crippen LogP) is 0.944. The molecule has 2 unspecified atom stereocenters. The normalized spacial score (nSPS) is 24.1. The first-order valence-electron chi connectivity index (χ1n) is 6.95. The maximum atomic E-state index is 10.7. The van der Waals surface area contributed by atoms with Crippen molar-refractivity contribution in [2.45, 2.75) is 25.0 Å². The summed E-state index contributed by atoms with van der Waals surface area (Å²) >= 11 is 0. The Balaban J connectivity index is 1.99. The molecule has 1 fully saturated rings. The highest BCUT2D eigenvalue weighted by Crippen LogP contribution is 2.24. The third kappa shape index (κ3) is 3.54. The van der Waals surface area contributed by atoms with E-state index in [2.05, 4.69) is 11.8 Å². The van der Waals surface area contributed by atoms with Gasteiger partial charge in [0.25, 0.3) is 0 Å². The second kappa shape index (κ2) is 6.48. The lowest BCUT2D eigenvalue weighted by Crippen LogP contribution is -2.46. The number of hydrogen-bond donors (Lipinski definition) is 2. The molecule has 1 aromatic carbocycles. The number of ether oxygens (including phenoxy) is 1. The second-order valence-corrected chi connectivity index (χ2v) is 5.31. The van der Waals surface area contributed by atoms with Crippen LogP contribution in [-0.4, -0.2) is 48.9 Å². The fourth-order valence-corrected chi connectivity index (χ4v) is 2.53. The summed E-state index contributed by atoms with van der Waals surface area (Å²) in [6.45, 7) is 5.71. The van der Waals surface area contributed by atoms with E-state index in [0.29, 0.717) is 12.5 Å². The zero-order chi connectivity index (χ0) is 13.7. The highest BCUT2D eigenvalue weighted by molar-refractivity contribution is 5.22. The fourth-order valence-electron chi connectivity index (χ4n) is 2.53. The van der Waals surface area contributed by atoms with Gasteiger partial charge in [0.05, 0.1) is 13.2 Å². The average Bonchev–Trinajstić information content (AvgIpc) is 2.47. The molecule has 0 radical (unpaired) electrons. The monoisotopic (exact) mass is 264 g/mol. The van der Waals surface area contributed by atoms with Crippen LogP contribution in [0.15, 0.2) is 30.3 Å². The molecule has 0 amide bonds. The van der Waals surface area contributed by atoms with Gasteiger partial charge in [-0.3, -0.25) is 4.90 Å². The molecular weight excluding hydrogens is 240 g/mol. The number of hydrogen-bond acceptors (Lipinski definition) is 4. The fraction of sp³-hybridized carbons (Fsp3) is 0.600. The molecule has 106 valence electrons. The first-order chi connectivity index (χ1) is 9.15. The molecule has 3 N–H and O–H groups in total. The molecule has 0 bridgehead atoms. The molecule has 0 aromatic heterocycles. The Morgan fingerprint density at radius 2 is 2.16 bits per heavy atom. The smallest absolute Gasteiger partial charge is 0.103 e. The quantitative estimate of drug-likeness (QED) is 0.831. The Bertz CT molecular complexity index is 385. The first-order valence-corrected chi connectivity index (χ1v) is 6.95. The molecule has 1 heterocycles. The Kier molecular flexibility index (Phi) is 4.93. The predicted molar refractivity (Wildman–Crippen MR) is 75.9 cm³/mol. The van der Waals surface area contributed by atoms with Gasteiger partial charge in [-0.05, 0) is 18.9 Å². The summed E-state index contributed by atoms with van der Waals surface area (Å²) in [5.41, 5.74) is 5.77. The van der Waals surface area contributed by atoms with Gasteiger partial charge < -0.3 is 15.6 Å². The van der Waals surface area contributed by atoms with Gasteiger partial charge in [0.1, 0.15) is 5.60 Å². The van der Waals surface area contributed by atoms with E-state index in [0.717, 1.165) is 31.9 Å². The van der Waals surface area contributed by atoms with Crippen molar-refractivity contribution in [3.63, 3.8) is 0 Å².